The van der Waals surface area contributed by atoms with Crippen molar-refractivity contribution in [3.63, 3.8) is 0 Å². The summed E-state index contributed by atoms with van der Waals surface area (Å²) in [6, 6.07) is 50.4. The second-order valence-corrected chi connectivity index (χ2v) is 32.3. The maximum Gasteiger partial charge on any atom is 0.499 e. The van der Waals surface area contributed by atoms with E-state index in [1.807, 2.05) is 124 Å². The van der Waals surface area contributed by atoms with E-state index in [0.717, 1.165) is 60.8 Å². The highest BCUT2D eigenvalue weighted by molar-refractivity contribution is 7.87. The van der Waals surface area contributed by atoms with Crippen LogP contribution in [0.5, 0.6) is 5.75 Å². The van der Waals surface area contributed by atoms with Gasteiger partial charge in [-0.25, -0.2) is 8.78 Å². The van der Waals surface area contributed by atoms with Crippen LogP contribution in [0.3, 0.4) is 0 Å². The lowest BCUT2D eigenvalue weighted by Gasteiger charge is -2.32. The highest BCUT2D eigenvalue weighted by Crippen LogP contribution is 2.54. The summed E-state index contributed by atoms with van der Waals surface area (Å²) < 4.78 is 147. The van der Waals surface area contributed by atoms with Crippen LogP contribution in [0.25, 0.3) is 88.4 Å². The molecule has 10 aromatic rings. The molecule has 22 heteroatoms. The predicted molar refractivity (Wildman–Crippen MR) is 381 cm³/mol. The number of halogens is 5. The van der Waals surface area contributed by atoms with Gasteiger partial charge in [-0.05, 0) is 211 Å². The normalized spacial score (nSPS) is 19.1. The number of para-hydroxylation sites is 2. The van der Waals surface area contributed by atoms with Gasteiger partial charge in [0.25, 0.3) is 5.92 Å². The van der Waals surface area contributed by atoms with Crippen molar-refractivity contribution < 1.29 is 71.3 Å². The van der Waals surface area contributed by atoms with Gasteiger partial charge in [0.15, 0.2) is 17.1 Å². The van der Waals surface area contributed by atoms with Crippen molar-refractivity contribution in [1.82, 2.24) is 0 Å². The molecule has 2 aromatic heterocycles. The van der Waals surface area contributed by atoms with E-state index >= 15 is 0 Å². The van der Waals surface area contributed by atoms with Gasteiger partial charge in [-0.15, -0.1) is 0 Å². The maximum atomic E-state index is 14.2. The summed E-state index contributed by atoms with van der Waals surface area (Å²) in [4.78, 5) is 0. The lowest BCUT2D eigenvalue weighted by Crippen LogP contribution is -2.41. The Morgan fingerprint density at radius 3 is 1.22 bits per heavy atom. The van der Waals surface area contributed by atoms with E-state index < -0.39 is 77.9 Å². The van der Waals surface area contributed by atoms with Crippen LogP contribution in [0.4, 0.5) is 22.0 Å². The Balaban J connectivity index is 0.000000145. The van der Waals surface area contributed by atoms with Gasteiger partial charge in [0.05, 0.1) is 56.9 Å². The van der Waals surface area contributed by atoms with Crippen LogP contribution in [0.15, 0.2) is 154 Å². The Hall–Kier alpha value is -8.31. The van der Waals surface area contributed by atoms with E-state index in [1.165, 1.54) is 22.3 Å². The van der Waals surface area contributed by atoms with Crippen molar-refractivity contribution in [3.8, 4) is 62.4 Å². The summed E-state index contributed by atoms with van der Waals surface area (Å²) in [6.07, 6.45) is -7.90. The zero-order valence-electron chi connectivity index (χ0n) is 58.7. The van der Waals surface area contributed by atoms with Crippen LogP contribution in [0.1, 0.15) is 151 Å². The Bertz CT molecular complexity index is 5130. The van der Waals surface area contributed by atoms with Crippen molar-refractivity contribution >= 4 is 80.6 Å². The molecule has 3 aliphatic heterocycles. The molecule has 0 N–H and O–H groups in total. The number of hydrogen-bond donors (Lipinski definition) is 0. The average molecular weight is 1380 g/mol. The van der Waals surface area contributed by atoms with Gasteiger partial charge in [-0.1, -0.05) is 107 Å². The third-order valence-corrected chi connectivity index (χ3v) is 22.8. The van der Waals surface area contributed by atoms with E-state index in [4.69, 9.17) is 40.9 Å². The Kier molecular flexibility index (Phi) is 16.6. The van der Waals surface area contributed by atoms with Crippen molar-refractivity contribution in [2.45, 2.75) is 174 Å². The highest BCUT2D eigenvalue weighted by atomic mass is 32.2. The first-order chi connectivity index (χ1) is 46.5. The Labute approximate surface area is 580 Å². The molecule has 5 aliphatic rings. The average Bonchev–Trinajstić information content (AvgIpc) is 1.57. The molecule has 0 bridgehead atoms. The standard InChI is InChI=1S/C34H30BNO3.C32H22F5NO4S.C12H24B2O4/c1-32(2)27-17-20(19-36)11-13-23(27)24-14-12-21(18-28(24)32)22-15-16-26-25-9-7-8-10-29(25)37-31(26)30(22)35-38-33(3,4)34(5,6)39-35;1-30(2)25-13-18(15-38)7-9-21(25)22-10-8-19(14-26(22)30)20-11-12-24-23-5-3-4-6-27(23)41-28(24)29(20)42-43(39,40)17-31(33,34)16-32(35,36)37;1-9(2)10(3,4)16-13(15-9)14-17-11(5,6)12(7,8)18-14/h7-18H,1-6H3;3-14H,16-17H2,1-2H3;1-8H3. The molecule has 100 heavy (non-hydrogen) atoms. The van der Waals surface area contributed by atoms with Crippen LogP contribution < -0.4 is 9.65 Å². The van der Waals surface area contributed by atoms with Gasteiger partial charge in [-0.2, -0.15) is 32.1 Å². The minimum absolute atomic E-state index is 0.0527. The lowest BCUT2D eigenvalue weighted by atomic mass is 9.49. The minimum Gasteiger partial charge on any atom is -0.456 e. The number of nitrogens with zero attached hydrogens (tertiary/aromatic N) is 2. The first-order valence-corrected chi connectivity index (χ1v) is 34.8. The minimum atomic E-state index is -5.29. The van der Waals surface area contributed by atoms with Gasteiger partial charge in [0.1, 0.15) is 23.2 Å². The van der Waals surface area contributed by atoms with E-state index in [-0.39, 0.29) is 39.0 Å². The zero-order chi connectivity index (χ0) is 72.3. The first kappa shape index (κ1) is 70.1. The molecule has 8 aromatic carbocycles. The largest absolute Gasteiger partial charge is 0.499 e. The number of hydrogen-bond acceptors (Lipinski definition) is 13. The Morgan fingerprint density at radius 1 is 0.430 bits per heavy atom. The molecule has 0 radical (unpaired) electrons. The number of alkyl halides is 5. The molecule has 0 atom stereocenters. The van der Waals surface area contributed by atoms with Gasteiger partial charge in [-0.3, -0.25) is 0 Å². The third kappa shape index (κ3) is 12.1. The number of benzene rings is 8. The number of fused-ring (bicyclic) bond motifs is 12. The fourth-order valence-electron chi connectivity index (χ4n) is 14.0. The number of furan rings is 2. The smallest absolute Gasteiger partial charge is 0.456 e. The summed E-state index contributed by atoms with van der Waals surface area (Å²) in [6.45, 7) is 33.0. The second-order valence-electron chi connectivity index (χ2n) is 30.7. The summed E-state index contributed by atoms with van der Waals surface area (Å²) in [7, 11) is -6.78. The molecule has 514 valence electrons. The molecule has 0 amide bonds. The molecular formula is C78H76B3F5N2O11S. The molecule has 2 aliphatic carbocycles. The molecule has 13 nitrogen and oxygen atoms in total. The van der Waals surface area contributed by atoms with Gasteiger partial charge in [0, 0.05) is 43.4 Å². The molecule has 0 unspecified atom stereocenters. The van der Waals surface area contributed by atoms with Gasteiger partial charge in [0.2, 0.25) is 0 Å². The molecule has 0 saturated carbocycles. The second kappa shape index (κ2) is 23.6. The van der Waals surface area contributed by atoms with Crippen LogP contribution in [-0.2, 0) is 48.9 Å². The van der Waals surface area contributed by atoms with Gasteiger partial charge < -0.3 is 40.9 Å². The van der Waals surface area contributed by atoms with Crippen LogP contribution >= 0.6 is 0 Å². The van der Waals surface area contributed by atoms with Crippen LogP contribution in [-0.4, -0.2) is 81.0 Å². The summed E-state index contributed by atoms with van der Waals surface area (Å²) in [5, 5.41) is 22.1. The van der Waals surface area contributed by atoms with Crippen LogP contribution in [0.2, 0.25) is 0 Å². The van der Waals surface area contributed by atoms with Crippen molar-refractivity contribution in [1.29, 1.82) is 10.5 Å². The molecule has 15 rings (SSSR count). The first-order valence-electron chi connectivity index (χ1n) is 33.2. The lowest BCUT2D eigenvalue weighted by molar-refractivity contribution is -0.181. The molecule has 3 fully saturated rings. The predicted octanol–water partition coefficient (Wildman–Crippen LogP) is 18.7. The van der Waals surface area contributed by atoms with Crippen molar-refractivity contribution in [3.05, 3.63) is 179 Å². The van der Waals surface area contributed by atoms with E-state index in [9.17, 15) is 40.9 Å². The topological polar surface area (TPSA) is 173 Å². The maximum absolute atomic E-state index is 14.2. The van der Waals surface area contributed by atoms with Crippen molar-refractivity contribution in [2.75, 3.05) is 5.75 Å². The molecule has 0 spiro atoms. The number of rotatable bonds is 9. The van der Waals surface area contributed by atoms with E-state index in [0.29, 0.717) is 33.0 Å². The molecule has 5 heterocycles. The monoisotopic (exact) mass is 1380 g/mol. The summed E-state index contributed by atoms with van der Waals surface area (Å²) in [5.41, 5.74) is 12.1. The fraction of sp³-hybridized carbons (Fsp3) is 0.359. The number of nitriles is 2. The van der Waals surface area contributed by atoms with E-state index in [1.54, 1.807) is 48.5 Å². The quantitative estimate of drug-likeness (QED) is 0.0760. The summed E-state index contributed by atoms with van der Waals surface area (Å²) >= 11 is 0. The Morgan fingerprint density at radius 2 is 0.790 bits per heavy atom. The fourth-order valence-corrected chi connectivity index (χ4v) is 15.1. The van der Waals surface area contributed by atoms with Gasteiger partial charge >= 0.3 is 37.4 Å². The zero-order valence-corrected chi connectivity index (χ0v) is 59.5. The molecular weight excluding hydrogens is 1300 g/mol. The SMILES string of the molecule is CC1(C)OB(B2OC(C)(C)C(C)(C)O2)OC1(C)C.CC1(C)c2cc(C#N)ccc2-c2ccc(-c3ccc4c(oc5ccccc54)c3B3OC(C)(C)C(C)(C)O3)cc21.CC1(C)c2cc(C#N)ccc2-c2ccc(-c3ccc4c(oc5ccccc54)c3OS(=O)(=O)CC(F)(F)CC(F)(F)F)cc21. The summed E-state index contributed by atoms with van der Waals surface area (Å²) in [5.74, 6) is -7.20. The molecule has 3 saturated heterocycles. The van der Waals surface area contributed by atoms with Crippen LogP contribution in [0, 0.1) is 22.7 Å². The third-order valence-electron chi connectivity index (χ3n) is 21.6. The van der Waals surface area contributed by atoms with Crippen molar-refractivity contribution in [2.24, 2.45) is 0 Å². The highest BCUT2D eigenvalue weighted by Gasteiger charge is 2.64. The van der Waals surface area contributed by atoms with E-state index in [2.05, 4.69) is 96.1 Å².